The third-order valence-electron chi connectivity index (χ3n) is 4.06. The first-order valence-corrected chi connectivity index (χ1v) is 10.1. The number of rotatable bonds is 7. The normalized spacial score (nSPS) is 15.7. The molecule has 1 aliphatic heterocycles. The minimum absolute atomic E-state index is 0.0684. The topological polar surface area (TPSA) is 92.9 Å². The second-order valence-corrected chi connectivity index (χ2v) is 7.27. The van der Waals surface area contributed by atoms with E-state index in [4.69, 9.17) is 19.5 Å². The van der Waals surface area contributed by atoms with Crippen LogP contribution in [0.5, 0.6) is 17.2 Å². The van der Waals surface area contributed by atoms with Gasteiger partial charge in [-0.3, -0.25) is 4.79 Å². The standard InChI is InChI=1S/C22H21N3O4S/c1-4-28-19-12-15(6-8-18(19)29-10-9-23)13-20-21(26)25-22(30-20)24-16-11-14(2)5-7-17(16)27-3/h5-8,11-13H,4,10H2,1-3H3,(H,24,25,26)/b20-13-. The summed E-state index contributed by atoms with van der Waals surface area (Å²) in [5.41, 5.74) is 2.47. The van der Waals surface area contributed by atoms with Crippen molar-refractivity contribution in [3.8, 4) is 23.3 Å². The van der Waals surface area contributed by atoms with Crippen LogP contribution in [0.25, 0.3) is 6.08 Å². The van der Waals surface area contributed by atoms with Crippen molar-refractivity contribution in [1.82, 2.24) is 5.32 Å². The average Bonchev–Trinajstić information content (AvgIpc) is 3.06. The van der Waals surface area contributed by atoms with Gasteiger partial charge in [0.1, 0.15) is 17.5 Å². The van der Waals surface area contributed by atoms with Crippen molar-refractivity contribution in [2.45, 2.75) is 13.8 Å². The molecule has 1 aliphatic rings. The van der Waals surface area contributed by atoms with Crippen LogP contribution < -0.4 is 19.5 Å². The first kappa shape index (κ1) is 21.3. The molecule has 0 atom stereocenters. The van der Waals surface area contributed by atoms with Crippen molar-refractivity contribution in [2.24, 2.45) is 4.99 Å². The Kier molecular flexibility index (Phi) is 6.99. The Hall–Kier alpha value is -3.44. The lowest BCUT2D eigenvalue weighted by Gasteiger charge is -2.10. The third kappa shape index (κ3) is 5.13. The van der Waals surface area contributed by atoms with Crippen LogP contribution in [0, 0.1) is 18.3 Å². The van der Waals surface area contributed by atoms with Gasteiger partial charge in [-0.05, 0) is 67.1 Å². The molecule has 1 N–H and O–H groups in total. The number of thioether (sulfide) groups is 1. The predicted octanol–water partition coefficient (Wildman–Crippen LogP) is 4.20. The molecule has 0 saturated carbocycles. The van der Waals surface area contributed by atoms with Gasteiger partial charge in [0.05, 0.1) is 18.6 Å². The molecular formula is C22H21N3O4S. The molecule has 8 heteroatoms. The summed E-state index contributed by atoms with van der Waals surface area (Å²) in [6.07, 6.45) is 1.76. The zero-order chi connectivity index (χ0) is 21.5. The minimum atomic E-state index is -0.229. The summed E-state index contributed by atoms with van der Waals surface area (Å²) >= 11 is 1.25. The molecule has 0 aliphatic carbocycles. The van der Waals surface area contributed by atoms with Crippen LogP contribution >= 0.6 is 11.8 Å². The molecule has 30 heavy (non-hydrogen) atoms. The van der Waals surface area contributed by atoms with E-state index >= 15 is 0 Å². The van der Waals surface area contributed by atoms with E-state index in [1.54, 1.807) is 31.4 Å². The zero-order valence-electron chi connectivity index (χ0n) is 16.9. The molecule has 0 unspecified atom stereocenters. The number of amides is 1. The molecule has 3 rings (SSSR count). The van der Waals surface area contributed by atoms with Gasteiger partial charge in [-0.25, -0.2) is 4.99 Å². The van der Waals surface area contributed by atoms with Crippen molar-refractivity contribution in [2.75, 3.05) is 20.3 Å². The van der Waals surface area contributed by atoms with Gasteiger partial charge in [-0.1, -0.05) is 12.1 Å². The average molecular weight is 423 g/mol. The maximum Gasteiger partial charge on any atom is 0.264 e. The van der Waals surface area contributed by atoms with Crippen LogP contribution in [0.2, 0.25) is 0 Å². The summed E-state index contributed by atoms with van der Waals surface area (Å²) in [6, 6.07) is 12.9. The minimum Gasteiger partial charge on any atom is -0.494 e. The number of aliphatic imine (C=N–C) groups is 1. The van der Waals surface area contributed by atoms with E-state index in [1.165, 1.54) is 11.8 Å². The highest BCUT2D eigenvalue weighted by atomic mass is 32.2. The number of amidine groups is 1. The van der Waals surface area contributed by atoms with Gasteiger partial charge in [0, 0.05) is 0 Å². The number of methoxy groups -OCH3 is 1. The van der Waals surface area contributed by atoms with Gasteiger partial charge < -0.3 is 19.5 Å². The number of aryl methyl sites for hydroxylation is 1. The number of nitriles is 1. The SMILES string of the molecule is CCOc1cc(/C=C2\SC(=Nc3cc(C)ccc3OC)NC2=O)ccc1OCC#N. The van der Waals surface area contributed by atoms with E-state index in [0.29, 0.717) is 39.6 Å². The van der Waals surface area contributed by atoms with E-state index in [1.807, 2.05) is 38.1 Å². The fraction of sp³-hybridized carbons (Fsp3) is 0.227. The number of carbonyl (C=O) groups excluding carboxylic acids is 1. The Balaban J connectivity index is 1.85. The first-order valence-electron chi connectivity index (χ1n) is 9.25. The number of carbonyl (C=O) groups is 1. The number of nitrogens with zero attached hydrogens (tertiary/aromatic N) is 2. The third-order valence-corrected chi connectivity index (χ3v) is 4.97. The molecule has 1 heterocycles. The Morgan fingerprint density at radius 2 is 1.97 bits per heavy atom. The van der Waals surface area contributed by atoms with Crippen molar-refractivity contribution >= 4 is 34.6 Å². The van der Waals surface area contributed by atoms with Crippen LogP contribution in [-0.2, 0) is 4.79 Å². The van der Waals surface area contributed by atoms with E-state index in [2.05, 4.69) is 10.3 Å². The lowest BCUT2D eigenvalue weighted by atomic mass is 10.2. The molecule has 2 aromatic carbocycles. The van der Waals surface area contributed by atoms with E-state index in [9.17, 15) is 4.79 Å². The summed E-state index contributed by atoms with van der Waals surface area (Å²) in [5.74, 6) is 1.41. The predicted molar refractivity (Wildman–Crippen MR) is 117 cm³/mol. The molecule has 1 saturated heterocycles. The number of hydrogen-bond donors (Lipinski definition) is 1. The summed E-state index contributed by atoms with van der Waals surface area (Å²) in [4.78, 5) is 17.5. The van der Waals surface area contributed by atoms with Crippen molar-refractivity contribution < 1.29 is 19.0 Å². The maximum absolute atomic E-state index is 12.4. The highest BCUT2D eigenvalue weighted by molar-refractivity contribution is 8.18. The summed E-state index contributed by atoms with van der Waals surface area (Å²) < 4.78 is 16.3. The van der Waals surface area contributed by atoms with Crippen LogP contribution in [-0.4, -0.2) is 31.4 Å². The molecule has 0 radical (unpaired) electrons. The monoisotopic (exact) mass is 423 g/mol. The number of ether oxygens (including phenoxy) is 3. The zero-order valence-corrected chi connectivity index (χ0v) is 17.7. The number of hydrogen-bond acceptors (Lipinski definition) is 7. The molecule has 1 amide bonds. The summed E-state index contributed by atoms with van der Waals surface area (Å²) in [7, 11) is 1.58. The van der Waals surface area contributed by atoms with Gasteiger partial charge in [0.15, 0.2) is 23.3 Å². The molecule has 2 aromatic rings. The molecule has 0 bridgehead atoms. The second-order valence-electron chi connectivity index (χ2n) is 6.24. The highest BCUT2D eigenvalue weighted by Crippen LogP contribution is 2.34. The van der Waals surface area contributed by atoms with Gasteiger partial charge in [-0.2, -0.15) is 5.26 Å². The maximum atomic E-state index is 12.4. The van der Waals surface area contributed by atoms with Crippen molar-refractivity contribution in [3.05, 3.63) is 52.4 Å². The second kappa shape index (κ2) is 9.85. The number of nitrogens with one attached hydrogen (secondary N) is 1. The largest absolute Gasteiger partial charge is 0.494 e. The molecule has 1 fully saturated rings. The number of benzene rings is 2. The van der Waals surface area contributed by atoms with Gasteiger partial charge >= 0.3 is 0 Å². The smallest absolute Gasteiger partial charge is 0.264 e. The summed E-state index contributed by atoms with van der Waals surface area (Å²) in [6.45, 7) is 4.21. The summed E-state index contributed by atoms with van der Waals surface area (Å²) in [5, 5.41) is 12.0. The quantitative estimate of drug-likeness (QED) is 0.671. The molecule has 154 valence electrons. The van der Waals surface area contributed by atoms with Crippen LogP contribution in [0.4, 0.5) is 5.69 Å². The molecule has 0 aromatic heterocycles. The Morgan fingerprint density at radius 3 is 2.70 bits per heavy atom. The first-order chi connectivity index (χ1) is 14.5. The van der Waals surface area contributed by atoms with Crippen molar-refractivity contribution in [3.63, 3.8) is 0 Å². The lowest BCUT2D eigenvalue weighted by Crippen LogP contribution is -2.19. The Labute approximate surface area is 179 Å². The van der Waals surface area contributed by atoms with Gasteiger partial charge in [-0.15, -0.1) is 0 Å². The van der Waals surface area contributed by atoms with Gasteiger partial charge in [0.2, 0.25) is 0 Å². The molecular weight excluding hydrogens is 402 g/mol. The van der Waals surface area contributed by atoms with E-state index in [-0.39, 0.29) is 12.5 Å². The Bertz CT molecular complexity index is 1060. The fourth-order valence-electron chi connectivity index (χ4n) is 2.74. The Morgan fingerprint density at radius 1 is 1.17 bits per heavy atom. The van der Waals surface area contributed by atoms with Crippen LogP contribution in [0.15, 0.2) is 46.3 Å². The highest BCUT2D eigenvalue weighted by Gasteiger charge is 2.24. The van der Waals surface area contributed by atoms with Crippen LogP contribution in [0.3, 0.4) is 0 Å². The lowest BCUT2D eigenvalue weighted by molar-refractivity contribution is -0.115. The van der Waals surface area contributed by atoms with Crippen molar-refractivity contribution in [1.29, 1.82) is 5.26 Å². The van der Waals surface area contributed by atoms with Crippen LogP contribution in [0.1, 0.15) is 18.1 Å². The molecule has 7 nitrogen and oxygen atoms in total. The van der Waals surface area contributed by atoms with E-state index < -0.39 is 0 Å². The molecule has 0 spiro atoms. The fourth-order valence-corrected chi connectivity index (χ4v) is 3.58. The van der Waals surface area contributed by atoms with Gasteiger partial charge in [0.25, 0.3) is 5.91 Å². The van der Waals surface area contributed by atoms with E-state index in [0.717, 1.165) is 11.1 Å².